The summed E-state index contributed by atoms with van der Waals surface area (Å²) in [5, 5.41) is 29.6. The van der Waals surface area contributed by atoms with Crippen molar-refractivity contribution in [2.24, 2.45) is 0 Å². The zero-order valence-electron chi connectivity index (χ0n) is 17.4. The van der Waals surface area contributed by atoms with Crippen LogP contribution in [-0.2, 0) is 0 Å². The number of phenolic OH excluding ortho intramolecular Hbond substituents is 1. The second-order valence-electron chi connectivity index (χ2n) is 9.22. The Morgan fingerprint density at radius 3 is 2.47 bits per heavy atom. The number of rotatable bonds is 4. The van der Waals surface area contributed by atoms with Crippen LogP contribution in [0.15, 0.2) is 42.7 Å². The van der Waals surface area contributed by atoms with Gasteiger partial charge in [-0.05, 0) is 56.9 Å². The molecule has 2 fully saturated rings. The van der Waals surface area contributed by atoms with Crippen LogP contribution in [-0.4, -0.2) is 42.7 Å². The highest BCUT2D eigenvalue weighted by molar-refractivity contribution is 5.73. The second kappa shape index (κ2) is 7.09. The fourth-order valence-corrected chi connectivity index (χ4v) is 5.22. The van der Waals surface area contributed by atoms with Gasteiger partial charge in [0.1, 0.15) is 11.9 Å². The molecule has 5 rings (SSSR count). The molecule has 2 aliphatic rings. The summed E-state index contributed by atoms with van der Waals surface area (Å²) in [5.41, 5.74) is 3.31. The number of aromatic amines is 1. The molecular formula is C23H27N5O2. The Kier molecular flexibility index (Phi) is 4.50. The Hall–Kier alpha value is -2.93. The van der Waals surface area contributed by atoms with E-state index in [4.69, 9.17) is 4.74 Å². The van der Waals surface area contributed by atoms with Crippen LogP contribution < -0.4 is 10.1 Å². The Balaban J connectivity index is 1.31. The third-order valence-corrected chi connectivity index (χ3v) is 6.45. The van der Waals surface area contributed by atoms with Crippen LogP contribution >= 0.6 is 0 Å². The van der Waals surface area contributed by atoms with Gasteiger partial charge in [-0.3, -0.25) is 5.10 Å². The van der Waals surface area contributed by atoms with Crippen molar-refractivity contribution in [2.45, 2.75) is 63.1 Å². The van der Waals surface area contributed by atoms with Crippen LogP contribution in [0.2, 0.25) is 0 Å². The normalized spacial score (nSPS) is 28.3. The van der Waals surface area contributed by atoms with Gasteiger partial charge in [-0.1, -0.05) is 6.07 Å². The summed E-state index contributed by atoms with van der Waals surface area (Å²) in [5.74, 6) is 0.689. The molecule has 0 saturated carbocycles. The number of ether oxygens (including phenoxy) is 1. The summed E-state index contributed by atoms with van der Waals surface area (Å²) >= 11 is 0. The molecule has 0 unspecified atom stereocenters. The molecule has 0 spiro atoms. The summed E-state index contributed by atoms with van der Waals surface area (Å²) in [6.45, 7) is 4.59. The summed E-state index contributed by atoms with van der Waals surface area (Å²) in [6, 6.07) is 9.18. The number of hydrogen-bond acceptors (Lipinski definition) is 6. The average molecular weight is 406 g/mol. The van der Waals surface area contributed by atoms with Gasteiger partial charge in [0.2, 0.25) is 5.88 Å². The third-order valence-electron chi connectivity index (χ3n) is 6.45. The average Bonchev–Trinajstić information content (AvgIpc) is 3.22. The summed E-state index contributed by atoms with van der Waals surface area (Å²) in [7, 11) is 0. The van der Waals surface area contributed by atoms with Crippen LogP contribution in [0, 0.1) is 0 Å². The number of hydrogen-bond donors (Lipinski definition) is 3. The highest BCUT2D eigenvalue weighted by Crippen LogP contribution is 2.41. The van der Waals surface area contributed by atoms with Gasteiger partial charge in [0.15, 0.2) is 0 Å². The summed E-state index contributed by atoms with van der Waals surface area (Å²) in [4.78, 5) is 0. The standard InChI is InChI=1S/C23H27N5O2/c1-22-8-3-9-23(2,28-22)12-17(11-22)30-21-7-6-19(26-27-21)18-5-4-15(10-20(18)29)16-13-24-25-14-16/h4-7,10,13-14,17,28-29H,3,8-9,11-12H2,1-2H3,(H,24,25)/t17-,22+,23-. The molecule has 2 aliphatic heterocycles. The topological polar surface area (TPSA) is 96.0 Å². The van der Waals surface area contributed by atoms with Gasteiger partial charge in [-0.15, -0.1) is 10.2 Å². The molecule has 3 atom stereocenters. The van der Waals surface area contributed by atoms with Crippen molar-refractivity contribution in [3.63, 3.8) is 0 Å². The van der Waals surface area contributed by atoms with Gasteiger partial charge < -0.3 is 15.2 Å². The van der Waals surface area contributed by atoms with Crippen molar-refractivity contribution in [1.29, 1.82) is 0 Å². The van der Waals surface area contributed by atoms with E-state index in [0.29, 0.717) is 17.1 Å². The predicted molar refractivity (Wildman–Crippen MR) is 114 cm³/mol. The fourth-order valence-electron chi connectivity index (χ4n) is 5.22. The number of aromatic hydroxyl groups is 1. The third kappa shape index (κ3) is 3.65. The molecule has 156 valence electrons. The Morgan fingerprint density at radius 2 is 1.83 bits per heavy atom. The van der Waals surface area contributed by atoms with Gasteiger partial charge in [0, 0.05) is 47.3 Å². The largest absolute Gasteiger partial charge is 0.507 e. The van der Waals surface area contributed by atoms with E-state index in [1.807, 2.05) is 24.3 Å². The molecule has 1 aromatic carbocycles. The lowest BCUT2D eigenvalue weighted by Crippen LogP contribution is -2.65. The predicted octanol–water partition coefficient (Wildman–Crippen LogP) is 4.07. The van der Waals surface area contributed by atoms with Crippen molar-refractivity contribution in [3.8, 4) is 34.0 Å². The van der Waals surface area contributed by atoms with E-state index >= 15 is 0 Å². The SMILES string of the molecule is C[C@]12CCC[C@](C)(C[C@H](Oc3ccc(-c4ccc(-c5cn[nH]c5)cc4O)nn3)C1)N2. The number of benzene rings is 1. The van der Waals surface area contributed by atoms with Gasteiger partial charge in [0.25, 0.3) is 0 Å². The van der Waals surface area contributed by atoms with E-state index in [-0.39, 0.29) is 22.9 Å². The maximum absolute atomic E-state index is 10.5. The number of phenols is 1. The highest BCUT2D eigenvalue weighted by atomic mass is 16.5. The first-order chi connectivity index (χ1) is 14.4. The number of piperidine rings is 2. The Morgan fingerprint density at radius 1 is 1.03 bits per heavy atom. The smallest absolute Gasteiger partial charge is 0.233 e. The van der Waals surface area contributed by atoms with Crippen LogP contribution in [0.4, 0.5) is 0 Å². The molecule has 7 heteroatoms. The van der Waals surface area contributed by atoms with E-state index in [1.165, 1.54) is 19.3 Å². The first-order valence-electron chi connectivity index (χ1n) is 10.5. The highest BCUT2D eigenvalue weighted by Gasteiger charge is 2.46. The van der Waals surface area contributed by atoms with Crippen molar-refractivity contribution >= 4 is 0 Å². The van der Waals surface area contributed by atoms with Gasteiger partial charge >= 0.3 is 0 Å². The van der Waals surface area contributed by atoms with E-state index < -0.39 is 0 Å². The summed E-state index contributed by atoms with van der Waals surface area (Å²) in [6.07, 6.45) is 9.22. The molecule has 0 amide bonds. The van der Waals surface area contributed by atoms with Crippen molar-refractivity contribution < 1.29 is 9.84 Å². The van der Waals surface area contributed by atoms with Gasteiger partial charge in [0.05, 0.1) is 11.9 Å². The molecule has 2 aromatic heterocycles. The second-order valence-corrected chi connectivity index (χ2v) is 9.22. The molecule has 3 N–H and O–H groups in total. The minimum Gasteiger partial charge on any atom is -0.507 e. The van der Waals surface area contributed by atoms with E-state index in [9.17, 15) is 5.11 Å². The van der Waals surface area contributed by atoms with Crippen LogP contribution in [0.3, 0.4) is 0 Å². The molecule has 3 aromatic rings. The maximum Gasteiger partial charge on any atom is 0.233 e. The lowest BCUT2D eigenvalue weighted by Gasteiger charge is -2.53. The minimum atomic E-state index is 0.129. The fraction of sp³-hybridized carbons (Fsp3) is 0.435. The van der Waals surface area contributed by atoms with Crippen molar-refractivity contribution in [2.75, 3.05) is 0 Å². The zero-order chi connectivity index (χ0) is 20.8. The Bertz CT molecular complexity index is 1020. The lowest BCUT2D eigenvalue weighted by atomic mass is 9.70. The summed E-state index contributed by atoms with van der Waals surface area (Å²) < 4.78 is 6.22. The number of H-pyrrole nitrogens is 1. The molecule has 7 nitrogen and oxygen atoms in total. The number of aromatic nitrogens is 4. The molecule has 0 aliphatic carbocycles. The molecule has 4 heterocycles. The minimum absolute atomic E-state index is 0.129. The van der Waals surface area contributed by atoms with Gasteiger partial charge in [-0.2, -0.15) is 5.10 Å². The van der Waals surface area contributed by atoms with E-state index in [1.54, 1.807) is 18.5 Å². The van der Waals surface area contributed by atoms with Crippen molar-refractivity contribution in [1.82, 2.24) is 25.7 Å². The van der Waals surface area contributed by atoms with Gasteiger partial charge in [-0.25, -0.2) is 0 Å². The quantitative estimate of drug-likeness (QED) is 0.605. The molecule has 30 heavy (non-hydrogen) atoms. The van der Waals surface area contributed by atoms with Crippen LogP contribution in [0.25, 0.3) is 22.4 Å². The number of fused-ring (bicyclic) bond motifs is 2. The molecule has 2 saturated heterocycles. The van der Waals surface area contributed by atoms with Crippen LogP contribution in [0.5, 0.6) is 11.6 Å². The van der Waals surface area contributed by atoms with Crippen molar-refractivity contribution in [3.05, 3.63) is 42.7 Å². The van der Waals surface area contributed by atoms with E-state index in [2.05, 4.69) is 39.6 Å². The van der Waals surface area contributed by atoms with Crippen LogP contribution in [0.1, 0.15) is 46.0 Å². The Labute approximate surface area is 175 Å². The monoisotopic (exact) mass is 405 g/mol. The molecule has 2 bridgehead atoms. The van der Waals surface area contributed by atoms with E-state index in [0.717, 1.165) is 24.0 Å². The number of nitrogens with zero attached hydrogens (tertiary/aromatic N) is 3. The first-order valence-corrected chi connectivity index (χ1v) is 10.5. The molecule has 0 radical (unpaired) electrons. The lowest BCUT2D eigenvalue weighted by molar-refractivity contribution is 0.00727. The maximum atomic E-state index is 10.5. The number of nitrogens with one attached hydrogen (secondary N) is 2. The molecular weight excluding hydrogens is 378 g/mol. The first kappa shape index (κ1) is 19.1. The zero-order valence-corrected chi connectivity index (χ0v) is 17.4.